The van der Waals surface area contributed by atoms with Gasteiger partial charge in [-0.05, 0) is 0 Å². The van der Waals surface area contributed by atoms with Crippen molar-refractivity contribution in [3.63, 3.8) is 0 Å². The third-order valence-corrected chi connectivity index (χ3v) is 11.9. The van der Waals surface area contributed by atoms with Gasteiger partial charge in [-0.15, -0.1) is 0 Å². The second-order valence-electron chi connectivity index (χ2n) is 5.07. The van der Waals surface area contributed by atoms with Gasteiger partial charge in [0, 0.05) is 0 Å². The van der Waals surface area contributed by atoms with Gasteiger partial charge in [-0.3, -0.25) is 0 Å². The summed E-state index contributed by atoms with van der Waals surface area (Å²) in [7, 11) is -2.64. The number of rotatable bonds is 4. The van der Waals surface area contributed by atoms with E-state index in [0.717, 1.165) is 15.9 Å². The maximum absolute atomic E-state index is 12.5. The van der Waals surface area contributed by atoms with E-state index >= 15 is 0 Å². The summed E-state index contributed by atoms with van der Waals surface area (Å²) in [6, 6.07) is 28.7. The minimum atomic E-state index is -3.05. The van der Waals surface area contributed by atoms with Gasteiger partial charge < -0.3 is 0 Å². The van der Waals surface area contributed by atoms with E-state index in [9.17, 15) is 8.42 Å². The zero-order chi connectivity index (χ0) is 15.4. The van der Waals surface area contributed by atoms with Gasteiger partial charge in [0.05, 0.1) is 0 Å². The zero-order valence-electron chi connectivity index (χ0n) is 11.9. The Balaban J connectivity index is 2.40. The Bertz CT molecular complexity index is 711. The fraction of sp³-hybridized carbons (Fsp3) is 0. The summed E-state index contributed by atoms with van der Waals surface area (Å²) in [4.78, 5) is 0. The van der Waals surface area contributed by atoms with Crippen LogP contribution >= 0.6 is 6.46 Å². The molecule has 0 radical (unpaired) electrons. The molecule has 0 unspecified atom stereocenters. The molecular formula is C18H17O2PS. The summed E-state index contributed by atoms with van der Waals surface area (Å²) in [5, 5.41) is 2.68. The van der Waals surface area contributed by atoms with Crippen LogP contribution in [-0.4, -0.2) is 8.42 Å². The van der Waals surface area contributed by atoms with Crippen LogP contribution in [0.1, 0.15) is 0 Å². The molecule has 4 heteroatoms. The van der Waals surface area contributed by atoms with E-state index in [0.29, 0.717) is 0 Å². The second kappa shape index (κ2) is 6.43. The van der Waals surface area contributed by atoms with Gasteiger partial charge in [-0.2, -0.15) is 0 Å². The first-order valence-electron chi connectivity index (χ1n) is 7.07. The molecule has 0 N–H and O–H groups in total. The van der Waals surface area contributed by atoms with Crippen molar-refractivity contribution in [1.29, 1.82) is 0 Å². The molecule has 3 aromatic carbocycles. The third-order valence-electron chi connectivity index (χ3n) is 3.85. The van der Waals surface area contributed by atoms with Crippen molar-refractivity contribution in [2.24, 2.45) is 0 Å². The molecule has 0 amide bonds. The normalized spacial score (nSPS) is 12.2. The predicted molar refractivity (Wildman–Crippen MR) is 96.9 cm³/mol. The van der Waals surface area contributed by atoms with Crippen LogP contribution in [0.4, 0.5) is 0 Å². The van der Waals surface area contributed by atoms with Gasteiger partial charge in [0.25, 0.3) is 0 Å². The summed E-state index contributed by atoms with van der Waals surface area (Å²) < 4.78 is 25.0. The third kappa shape index (κ3) is 2.47. The van der Waals surface area contributed by atoms with Crippen LogP contribution < -0.4 is 15.9 Å². The van der Waals surface area contributed by atoms with Crippen LogP contribution in [0.5, 0.6) is 0 Å². The van der Waals surface area contributed by atoms with Crippen molar-refractivity contribution in [3.05, 3.63) is 91.0 Å². The van der Waals surface area contributed by atoms with E-state index in [1.807, 2.05) is 91.0 Å². The molecular weight excluding hydrogens is 311 g/mol. The first-order chi connectivity index (χ1) is 10.8. The molecule has 0 bridgehead atoms. The van der Waals surface area contributed by atoms with Gasteiger partial charge >= 0.3 is 132 Å². The van der Waals surface area contributed by atoms with E-state index in [2.05, 4.69) is 0 Å². The molecule has 0 saturated carbocycles. The van der Waals surface area contributed by atoms with Crippen molar-refractivity contribution in [3.8, 4) is 0 Å². The average Bonchev–Trinajstić information content (AvgIpc) is 2.58. The summed E-state index contributed by atoms with van der Waals surface area (Å²) in [6.07, 6.45) is 0. The molecule has 3 aromatic rings. The number of hydrogen-bond donors (Lipinski definition) is 1. The SMILES string of the molecule is O=[SH](=O)[PH](c1ccccc1)(c1ccccc1)c1ccccc1. The first kappa shape index (κ1) is 15.0. The topological polar surface area (TPSA) is 34.1 Å². The molecule has 2 nitrogen and oxygen atoms in total. The molecule has 0 aliphatic rings. The molecule has 0 spiro atoms. The number of thiol groups is 1. The van der Waals surface area contributed by atoms with E-state index in [1.54, 1.807) is 0 Å². The van der Waals surface area contributed by atoms with Crippen LogP contribution in [0.15, 0.2) is 91.0 Å². The summed E-state index contributed by atoms with van der Waals surface area (Å²) in [5.41, 5.74) is 0. The fourth-order valence-corrected chi connectivity index (χ4v) is 9.75. The Kier molecular flexibility index (Phi) is 4.37. The van der Waals surface area contributed by atoms with Gasteiger partial charge in [-0.25, -0.2) is 0 Å². The Morgan fingerprint density at radius 3 is 1.00 bits per heavy atom. The van der Waals surface area contributed by atoms with Crippen LogP contribution in [0.25, 0.3) is 0 Å². The van der Waals surface area contributed by atoms with Gasteiger partial charge in [0.2, 0.25) is 0 Å². The molecule has 22 heavy (non-hydrogen) atoms. The van der Waals surface area contributed by atoms with Crippen molar-refractivity contribution >= 4 is 32.7 Å². The quantitative estimate of drug-likeness (QED) is 0.589. The summed E-state index contributed by atoms with van der Waals surface area (Å²) >= 11 is 0. The monoisotopic (exact) mass is 328 g/mol. The predicted octanol–water partition coefficient (Wildman–Crippen LogP) is 2.24. The maximum atomic E-state index is 12.5. The average molecular weight is 328 g/mol. The van der Waals surface area contributed by atoms with Crippen molar-refractivity contribution in [1.82, 2.24) is 0 Å². The van der Waals surface area contributed by atoms with E-state index < -0.39 is 16.8 Å². The first-order valence-corrected chi connectivity index (χ1v) is 11.1. The fourth-order valence-electron chi connectivity index (χ4n) is 2.85. The van der Waals surface area contributed by atoms with Crippen LogP contribution in [0, 0.1) is 0 Å². The molecule has 0 aliphatic carbocycles. The van der Waals surface area contributed by atoms with Gasteiger partial charge in [0.1, 0.15) is 0 Å². The van der Waals surface area contributed by atoms with E-state index in [1.165, 1.54) is 0 Å². The van der Waals surface area contributed by atoms with Gasteiger partial charge in [-0.1, -0.05) is 0 Å². The Hall–Kier alpha value is -1.96. The van der Waals surface area contributed by atoms with Crippen molar-refractivity contribution in [2.45, 2.75) is 0 Å². The van der Waals surface area contributed by atoms with E-state index in [4.69, 9.17) is 0 Å². The van der Waals surface area contributed by atoms with Gasteiger partial charge in [0.15, 0.2) is 0 Å². The van der Waals surface area contributed by atoms with Crippen LogP contribution in [-0.2, 0) is 10.3 Å². The molecule has 0 saturated heterocycles. The Morgan fingerprint density at radius 2 is 0.773 bits per heavy atom. The van der Waals surface area contributed by atoms with E-state index in [-0.39, 0.29) is 0 Å². The van der Waals surface area contributed by atoms with Crippen LogP contribution in [0.3, 0.4) is 0 Å². The van der Waals surface area contributed by atoms with Crippen molar-refractivity contribution in [2.75, 3.05) is 0 Å². The molecule has 0 atom stereocenters. The molecule has 112 valence electrons. The molecule has 0 aliphatic heterocycles. The standard InChI is InChI=1S/C18H17O2PS/c19-22(20)21(16-10-4-1-5-11-16,17-12-6-2-7-13-17)18-14-8-3-9-15-18/h1-15,21-22H. The van der Waals surface area contributed by atoms with Crippen LogP contribution in [0.2, 0.25) is 0 Å². The molecule has 0 heterocycles. The minimum absolute atomic E-state index is 0.892. The summed E-state index contributed by atoms with van der Waals surface area (Å²) in [5.74, 6) is 0. The molecule has 0 fully saturated rings. The Morgan fingerprint density at radius 1 is 0.500 bits per heavy atom. The number of hydrogen-bond acceptors (Lipinski definition) is 2. The second-order valence-corrected chi connectivity index (χ2v) is 11.8. The molecule has 0 aromatic heterocycles. The zero-order valence-corrected chi connectivity index (χ0v) is 13.8. The Labute approximate surface area is 132 Å². The number of benzene rings is 3. The summed E-state index contributed by atoms with van der Waals surface area (Å²) in [6.45, 7) is -3.05. The molecule has 3 rings (SSSR count). The van der Waals surface area contributed by atoms with Crippen molar-refractivity contribution < 1.29 is 8.42 Å².